The number of aryl methyl sites for hydroxylation is 1. The van der Waals surface area contributed by atoms with Crippen molar-refractivity contribution in [3.05, 3.63) is 69.2 Å². The Morgan fingerprint density at radius 1 is 1.00 bits per heavy atom. The highest BCUT2D eigenvalue weighted by Gasteiger charge is 1.99. The number of hydrogen-bond donors (Lipinski definition) is 1. The molecule has 2 rings (SSSR count). The van der Waals surface area contributed by atoms with Gasteiger partial charge in [-0.2, -0.15) is 0 Å². The highest BCUT2D eigenvalue weighted by atomic mass is 35.5. The van der Waals surface area contributed by atoms with Crippen LogP contribution in [0.2, 0.25) is 10.0 Å². The summed E-state index contributed by atoms with van der Waals surface area (Å²) in [7, 11) is 0. The lowest BCUT2D eigenvalue weighted by Crippen LogP contribution is -2.17. The molecule has 0 saturated heterocycles. The fraction of sp³-hybridized carbons (Fsp3) is 0.250. The minimum absolute atomic E-state index is 0.684. The maximum absolute atomic E-state index is 5.97. The summed E-state index contributed by atoms with van der Waals surface area (Å²) in [6, 6.07) is 14.1. The Labute approximate surface area is 124 Å². The summed E-state index contributed by atoms with van der Waals surface area (Å²) in [5.41, 5.74) is 3.84. The van der Waals surface area contributed by atoms with Crippen LogP contribution in [0.15, 0.2) is 42.5 Å². The van der Waals surface area contributed by atoms with Gasteiger partial charge in [-0.05, 0) is 54.8 Å². The molecular weight excluding hydrogens is 277 g/mol. The van der Waals surface area contributed by atoms with E-state index in [1.165, 1.54) is 11.1 Å². The van der Waals surface area contributed by atoms with E-state index in [2.05, 4.69) is 36.5 Å². The second-order valence-corrected chi connectivity index (χ2v) is 5.50. The monoisotopic (exact) mass is 293 g/mol. The molecule has 100 valence electrons. The van der Waals surface area contributed by atoms with Crippen LogP contribution in [0.4, 0.5) is 0 Å². The summed E-state index contributed by atoms with van der Waals surface area (Å²) in [4.78, 5) is 0. The van der Waals surface area contributed by atoms with Crippen LogP contribution < -0.4 is 5.32 Å². The topological polar surface area (TPSA) is 12.0 Å². The van der Waals surface area contributed by atoms with Crippen molar-refractivity contribution in [1.29, 1.82) is 0 Å². The minimum Gasteiger partial charge on any atom is -0.312 e. The van der Waals surface area contributed by atoms with Crippen LogP contribution in [-0.4, -0.2) is 6.54 Å². The molecule has 0 amide bonds. The largest absolute Gasteiger partial charge is 0.312 e. The van der Waals surface area contributed by atoms with Gasteiger partial charge in [0.25, 0.3) is 0 Å². The van der Waals surface area contributed by atoms with E-state index in [1.807, 2.05) is 12.1 Å². The molecule has 0 bridgehead atoms. The average Bonchev–Trinajstić information content (AvgIpc) is 2.35. The zero-order valence-electron chi connectivity index (χ0n) is 10.9. The molecule has 0 fully saturated rings. The third kappa shape index (κ3) is 4.54. The Morgan fingerprint density at radius 3 is 2.37 bits per heavy atom. The molecule has 3 heteroatoms. The maximum atomic E-state index is 5.97. The molecule has 0 spiro atoms. The van der Waals surface area contributed by atoms with Gasteiger partial charge in [-0.15, -0.1) is 0 Å². The normalized spacial score (nSPS) is 10.7. The molecule has 0 heterocycles. The van der Waals surface area contributed by atoms with Gasteiger partial charge in [0.15, 0.2) is 0 Å². The summed E-state index contributed by atoms with van der Waals surface area (Å²) in [5.74, 6) is 0. The second kappa shape index (κ2) is 6.95. The zero-order chi connectivity index (χ0) is 13.7. The van der Waals surface area contributed by atoms with E-state index in [1.54, 1.807) is 6.07 Å². The Bertz CT molecular complexity index is 532. The molecule has 1 nitrogen and oxygen atoms in total. The van der Waals surface area contributed by atoms with Gasteiger partial charge < -0.3 is 5.32 Å². The summed E-state index contributed by atoms with van der Waals surface area (Å²) in [5, 5.41) is 4.78. The van der Waals surface area contributed by atoms with Crippen molar-refractivity contribution in [3.8, 4) is 0 Å². The molecule has 0 aromatic heterocycles. The number of benzene rings is 2. The molecule has 2 aromatic carbocycles. The minimum atomic E-state index is 0.684. The summed E-state index contributed by atoms with van der Waals surface area (Å²) in [6.07, 6.45) is 1.03. The Hall–Kier alpha value is -1.02. The van der Waals surface area contributed by atoms with Gasteiger partial charge in [0, 0.05) is 16.6 Å². The second-order valence-electron chi connectivity index (χ2n) is 4.63. The number of nitrogens with one attached hydrogen (secondary N) is 1. The van der Waals surface area contributed by atoms with Gasteiger partial charge >= 0.3 is 0 Å². The van der Waals surface area contributed by atoms with E-state index in [9.17, 15) is 0 Å². The van der Waals surface area contributed by atoms with E-state index >= 15 is 0 Å². The smallest absolute Gasteiger partial charge is 0.0424 e. The molecule has 0 aliphatic rings. The molecule has 0 aliphatic heterocycles. The van der Waals surface area contributed by atoms with Crippen molar-refractivity contribution in [3.63, 3.8) is 0 Å². The lowest BCUT2D eigenvalue weighted by Gasteiger charge is -2.08. The first kappa shape index (κ1) is 14.4. The molecule has 19 heavy (non-hydrogen) atoms. The van der Waals surface area contributed by atoms with Crippen molar-refractivity contribution in [2.24, 2.45) is 0 Å². The molecule has 0 unspecified atom stereocenters. The third-order valence-corrected chi connectivity index (χ3v) is 3.52. The van der Waals surface area contributed by atoms with Crippen molar-refractivity contribution >= 4 is 23.2 Å². The van der Waals surface area contributed by atoms with Gasteiger partial charge in [-0.3, -0.25) is 0 Å². The van der Waals surface area contributed by atoms with Crippen LogP contribution in [0.25, 0.3) is 0 Å². The third-order valence-electron chi connectivity index (χ3n) is 3.08. The Kier molecular flexibility index (Phi) is 5.26. The predicted molar refractivity (Wildman–Crippen MR) is 83.1 cm³/mol. The van der Waals surface area contributed by atoms with E-state index in [0.717, 1.165) is 25.1 Å². The number of rotatable bonds is 5. The summed E-state index contributed by atoms with van der Waals surface area (Å²) >= 11 is 11.9. The summed E-state index contributed by atoms with van der Waals surface area (Å²) in [6.45, 7) is 3.87. The number of hydrogen-bond acceptors (Lipinski definition) is 1. The van der Waals surface area contributed by atoms with Crippen LogP contribution in [0.3, 0.4) is 0 Å². The van der Waals surface area contributed by atoms with Crippen molar-refractivity contribution in [2.45, 2.75) is 19.9 Å². The molecular formula is C16H17Cl2N. The Morgan fingerprint density at radius 2 is 1.68 bits per heavy atom. The van der Waals surface area contributed by atoms with Gasteiger partial charge in [0.2, 0.25) is 0 Å². The maximum Gasteiger partial charge on any atom is 0.0424 e. The van der Waals surface area contributed by atoms with Crippen LogP contribution in [0.5, 0.6) is 0 Å². The van der Waals surface area contributed by atoms with Crippen molar-refractivity contribution in [2.75, 3.05) is 6.54 Å². The van der Waals surface area contributed by atoms with Crippen molar-refractivity contribution in [1.82, 2.24) is 5.32 Å². The molecule has 0 radical (unpaired) electrons. The SMILES string of the molecule is Cc1ccccc1CCNCc1cc(Cl)cc(Cl)c1. The van der Waals surface area contributed by atoms with Crippen LogP contribution in [0, 0.1) is 6.92 Å². The lowest BCUT2D eigenvalue weighted by molar-refractivity contribution is 0.685. The standard InChI is InChI=1S/C16H17Cl2N/c1-12-4-2-3-5-14(12)6-7-19-11-13-8-15(17)10-16(18)9-13/h2-5,8-10,19H,6-7,11H2,1H3. The molecule has 0 saturated carbocycles. The van der Waals surface area contributed by atoms with Gasteiger partial charge in [-0.1, -0.05) is 47.5 Å². The molecule has 1 N–H and O–H groups in total. The lowest BCUT2D eigenvalue weighted by atomic mass is 10.1. The van der Waals surface area contributed by atoms with Gasteiger partial charge in [0.1, 0.15) is 0 Å². The fourth-order valence-corrected chi connectivity index (χ4v) is 2.63. The van der Waals surface area contributed by atoms with Gasteiger partial charge in [-0.25, -0.2) is 0 Å². The zero-order valence-corrected chi connectivity index (χ0v) is 12.4. The first-order valence-corrected chi connectivity index (χ1v) is 7.11. The van der Waals surface area contributed by atoms with Crippen molar-refractivity contribution < 1.29 is 0 Å². The highest BCUT2D eigenvalue weighted by Crippen LogP contribution is 2.18. The quantitative estimate of drug-likeness (QED) is 0.792. The highest BCUT2D eigenvalue weighted by molar-refractivity contribution is 6.34. The van der Waals surface area contributed by atoms with Gasteiger partial charge in [0.05, 0.1) is 0 Å². The van der Waals surface area contributed by atoms with Crippen LogP contribution >= 0.6 is 23.2 Å². The van der Waals surface area contributed by atoms with E-state index in [0.29, 0.717) is 10.0 Å². The number of halogens is 2. The predicted octanol–water partition coefficient (Wildman–Crippen LogP) is 4.63. The van der Waals surface area contributed by atoms with E-state index in [4.69, 9.17) is 23.2 Å². The molecule has 2 aromatic rings. The first-order valence-electron chi connectivity index (χ1n) is 6.35. The first-order chi connectivity index (χ1) is 9.15. The fourth-order valence-electron chi connectivity index (χ4n) is 2.06. The average molecular weight is 294 g/mol. The summed E-state index contributed by atoms with van der Waals surface area (Å²) < 4.78 is 0. The van der Waals surface area contributed by atoms with E-state index in [-0.39, 0.29) is 0 Å². The molecule has 0 aliphatic carbocycles. The van der Waals surface area contributed by atoms with E-state index < -0.39 is 0 Å². The van der Waals surface area contributed by atoms with Crippen LogP contribution in [0.1, 0.15) is 16.7 Å². The Balaban J connectivity index is 1.82. The molecule has 0 atom stereocenters. The van der Waals surface area contributed by atoms with Crippen LogP contribution in [-0.2, 0) is 13.0 Å².